The van der Waals surface area contributed by atoms with Gasteiger partial charge < -0.3 is 15.4 Å². The summed E-state index contributed by atoms with van der Waals surface area (Å²) in [5.74, 6) is -1.86. The molecule has 2 heterocycles. The molecule has 0 aliphatic rings. The van der Waals surface area contributed by atoms with Crippen molar-refractivity contribution in [3.63, 3.8) is 0 Å². The van der Waals surface area contributed by atoms with Crippen molar-refractivity contribution in [2.75, 3.05) is 5.32 Å². The van der Waals surface area contributed by atoms with Crippen molar-refractivity contribution in [2.45, 2.75) is 6.92 Å². The highest BCUT2D eigenvalue weighted by atomic mass is 35.5. The normalized spacial score (nSPS) is 10.5. The molecule has 0 aliphatic heterocycles. The molecule has 2 rings (SSSR count). The number of aromatic nitrogens is 2. The van der Waals surface area contributed by atoms with Gasteiger partial charge in [-0.1, -0.05) is 34.8 Å². The van der Waals surface area contributed by atoms with Gasteiger partial charge in [0.2, 0.25) is 0 Å². The third-order valence-corrected chi connectivity index (χ3v) is 3.91. The van der Waals surface area contributed by atoms with Crippen LogP contribution in [0.1, 0.15) is 26.5 Å². The van der Waals surface area contributed by atoms with Crippen LogP contribution in [0.4, 0.5) is 5.69 Å². The maximum absolute atomic E-state index is 12.1. The molecule has 0 spiro atoms. The zero-order valence-electron chi connectivity index (χ0n) is 10.5. The number of hydrogen-bond acceptors (Lipinski definition) is 3. The number of amides is 1. The van der Waals surface area contributed by atoms with E-state index in [1.54, 1.807) is 6.92 Å². The Hall–Kier alpha value is -1.76. The molecular weight excluding hydrogens is 341 g/mol. The highest BCUT2D eigenvalue weighted by molar-refractivity contribution is 6.49. The molecule has 0 bridgehead atoms. The quantitative estimate of drug-likeness (QED) is 0.789. The summed E-state index contributed by atoms with van der Waals surface area (Å²) in [6.45, 7) is 1.57. The number of hydrogen-bond donors (Lipinski definition) is 3. The lowest BCUT2D eigenvalue weighted by Gasteiger charge is -2.07. The summed E-state index contributed by atoms with van der Waals surface area (Å²) in [7, 11) is 0. The molecule has 0 atom stereocenters. The van der Waals surface area contributed by atoms with Crippen LogP contribution in [0.5, 0.6) is 0 Å². The summed E-state index contributed by atoms with van der Waals surface area (Å²) in [5.41, 5.74) is 0.320. The van der Waals surface area contributed by atoms with E-state index >= 15 is 0 Å². The Balaban J connectivity index is 2.35. The highest BCUT2D eigenvalue weighted by Crippen LogP contribution is 2.31. The molecule has 21 heavy (non-hydrogen) atoms. The summed E-state index contributed by atoms with van der Waals surface area (Å²) in [4.78, 5) is 29.8. The van der Waals surface area contributed by atoms with E-state index in [0.29, 0.717) is 5.69 Å². The number of aromatic carboxylic acids is 1. The maximum atomic E-state index is 12.1. The second-order valence-corrected chi connectivity index (χ2v) is 5.21. The fourth-order valence-corrected chi connectivity index (χ4v) is 2.25. The number of carbonyl (C=O) groups is 2. The number of aryl methyl sites for hydroxylation is 1. The molecule has 110 valence electrons. The lowest BCUT2D eigenvalue weighted by molar-refractivity contribution is 0.0697. The van der Waals surface area contributed by atoms with Gasteiger partial charge in [-0.2, -0.15) is 0 Å². The smallest absolute Gasteiger partial charge is 0.339 e. The molecule has 0 unspecified atom stereocenters. The Bertz CT molecular complexity index is 743. The number of halogens is 3. The van der Waals surface area contributed by atoms with Crippen LogP contribution in [-0.4, -0.2) is 27.0 Å². The number of nitrogens with zero attached hydrogens (tertiary/aromatic N) is 1. The molecule has 0 radical (unpaired) electrons. The van der Waals surface area contributed by atoms with Crippen molar-refractivity contribution < 1.29 is 14.7 Å². The second-order valence-electron chi connectivity index (χ2n) is 4.04. The van der Waals surface area contributed by atoms with Crippen LogP contribution in [0.15, 0.2) is 12.4 Å². The summed E-state index contributed by atoms with van der Waals surface area (Å²) in [5, 5.41) is 11.5. The number of carboxylic acids is 1. The van der Waals surface area contributed by atoms with Crippen LogP contribution in [-0.2, 0) is 0 Å². The molecule has 2 aromatic rings. The van der Waals surface area contributed by atoms with Crippen molar-refractivity contribution >= 4 is 52.4 Å². The minimum atomic E-state index is -1.17. The molecule has 0 fully saturated rings. The number of carboxylic acid groups (broad SMARTS) is 1. The van der Waals surface area contributed by atoms with Crippen LogP contribution in [0.25, 0.3) is 0 Å². The van der Waals surface area contributed by atoms with Crippen LogP contribution < -0.4 is 5.32 Å². The van der Waals surface area contributed by atoms with E-state index < -0.39 is 11.9 Å². The van der Waals surface area contributed by atoms with E-state index in [4.69, 9.17) is 39.9 Å². The van der Waals surface area contributed by atoms with Crippen molar-refractivity contribution in [3.8, 4) is 0 Å². The number of rotatable bonds is 3. The first kappa shape index (κ1) is 15.6. The van der Waals surface area contributed by atoms with Gasteiger partial charge in [-0.3, -0.25) is 4.79 Å². The van der Waals surface area contributed by atoms with Crippen molar-refractivity contribution in [1.82, 2.24) is 9.97 Å². The monoisotopic (exact) mass is 347 g/mol. The lowest BCUT2D eigenvalue weighted by atomic mass is 10.2. The summed E-state index contributed by atoms with van der Waals surface area (Å²) < 4.78 is 0. The number of aromatic amines is 1. The Labute approximate surface area is 134 Å². The minimum Gasteiger partial charge on any atom is -0.478 e. The molecule has 0 aliphatic carbocycles. The molecule has 0 saturated heterocycles. The molecule has 3 N–H and O–H groups in total. The summed E-state index contributed by atoms with van der Waals surface area (Å²) in [6, 6.07) is 0. The highest BCUT2D eigenvalue weighted by Gasteiger charge is 2.21. The van der Waals surface area contributed by atoms with Gasteiger partial charge in [0, 0.05) is 18.1 Å². The van der Waals surface area contributed by atoms with Gasteiger partial charge >= 0.3 is 5.97 Å². The number of anilines is 1. The first-order valence-electron chi connectivity index (χ1n) is 5.55. The third-order valence-electron chi connectivity index (χ3n) is 2.67. The van der Waals surface area contributed by atoms with E-state index in [0.717, 1.165) is 0 Å². The van der Waals surface area contributed by atoms with E-state index in [1.807, 2.05) is 0 Å². The average Bonchev–Trinajstić information content (AvgIpc) is 2.77. The summed E-state index contributed by atoms with van der Waals surface area (Å²) in [6.07, 6.45) is 2.55. The maximum Gasteiger partial charge on any atom is 0.339 e. The standard InChI is InChI=1S/C12H8Cl3N3O3/c1-4-7(12(20)21)6(3-16-4)18-11(19)10-9(15)8(14)5(13)2-17-10/h2-3,16H,1H3,(H,18,19)(H,20,21). The topological polar surface area (TPSA) is 95.1 Å². The molecule has 0 saturated carbocycles. The third kappa shape index (κ3) is 2.97. The zero-order valence-corrected chi connectivity index (χ0v) is 12.8. The molecule has 0 aromatic carbocycles. The number of pyridine rings is 1. The molecule has 1 amide bonds. The fourth-order valence-electron chi connectivity index (χ4n) is 1.68. The zero-order chi connectivity index (χ0) is 15.7. The number of nitrogens with one attached hydrogen (secondary N) is 2. The average molecular weight is 349 g/mol. The SMILES string of the molecule is Cc1[nH]cc(NC(=O)c2ncc(Cl)c(Cl)c2Cl)c1C(=O)O. The Morgan fingerprint density at radius 1 is 1.29 bits per heavy atom. The van der Waals surface area contributed by atoms with Gasteiger partial charge in [0.15, 0.2) is 0 Å². The van der Waals surface area contributed by atoms with Gasteiger partial charge in [-0.25, -0.2) is 9.78 Å². The lowest BCUT2D eigenvalue weighted by Crippen LogP contribution is -2.16. The molecular formula is C12H8Cl3N3O3. The first-order chi connectivity index (χ1) is 9.82. The van der Waals surface area contributed by atoms with Crippen molar-refractivity contribution in [1.29, 1.82) is 0 Å². The number of carbonyl (C=O) groups excluding carboxylic acids is 1. The van der Waals surface area contributed by atoms with Crippen molar-refractivity contribution in [3.05, 3.63) is 44.4 Å². The van der Waals surface area contributed by atoms with Crippen molar-refractivity contribution in [2.24, 2.45) is 0 Å². The van der Waals surface area contributed by atoms with E-state index in [9.17, 15) is 9.59 Å². The second kappa shape index (κ2) is 5.93. The van der Waals surface area contributed by atoms with E-state index in [1.165, 1.54) is 12.4 Å². The predicted octanol–water partition coefficient (Wildman–Crippen LogP) is 3.63. The Morgan fingerprint density at radius 2 is 1.95 bits per heavy atom. The van der Waals surface area contributed by atoms with Gasteiger partial charge in [0.05, 0.1) is 20.8 Å². The first-order valence-corrected chi connectivity index (χ1v) is 6.68. The minimum absolute atomic E-state index is 0.00203. The van der Waals surface area contributed by atoms with Crippen LogP contribution >= 0.6 is 34.8 Å². The summed E-state index contributed by atoms with van der Waals surface area (Å²) >= 11 is 17.5. The molecule has 2 aromatic heterocycles. The van der Waals surface area contributed by atoms with Crippen LogP contribution in [0.3, 0.4) is 0 Å². The van der Waals surface area contributed by atoms with Crippen LogP contribution in [0, 0.1) is 6.92 Å². The van der Waals surface area contributed by atoms with Gasteiger partial charge in [0.1, 0.15) is 11.3 Å². The predicted molar refractivity (Wildman–Crippen MR) is 79.7 cm³/mol. The van der Waals surface area contributed by atoms with E-state index in [-0.39, 0.29) is 32.0 Å². The Morgan fingerprint density at radius 3 is 2.57 bits per heavy atom. The van der Waals surface area contributed by atoms with E-state index in [2.05, 4.69) is 15.3 Å². The van der Waals surface area contributed by atoms with Gasteiger partial charge in [-0.15, -0.1) is 0 Å². The number of H-pyrrole nitrogens is 1. The molecule has 9 heteroatoms. The Kier molecular flexibility index (Phi) is 4.41. The van der Waals surface area contributed by atoms with Crippen LogP contribution in [0.2, 0.25) is 15.1 Å². The fraction of sp³-hybridized carbons (Fsp3) is 0.0833. The van der Waals surface area contributed by atoms with Gasteiger partial charge in [0.25, 0.3) is 5.91 Å². The van der Waals surface area contributed by atoms with Gasteiger partial charge in [-0.05, 0) is 6.92 Å². The molecule has 6 nitrogen and oxygen atoms in total. The largest absolute Gasteiger partial charge is 0.478 e.